The Balaban J connectivity index is 1.59. The van der Waals surface area contributed by atoms with E-state index in [0.29, 0.717) is 55.5 Å². The van der Waals surface area contributed by atoms with Crippen molar-refractivity contribution < 1.29 is 32.6 Å². The van der Waals surface area contributed by atoms with Crippen LogP contribution in [0.2, 0.25) is 0 Å². The first-order chi connectivity index (χ1) is 16.9. The average molecular weight is 489 g/mol. The normalized spacial score (nSPS) is 17.8. The van der Waals surface area contributed by atoms with Crippen LogP contribution in [0.4, 0.5) is 30.8 Å². The van der Waals surface area contributed by atoms with Crippen LogP contribution in [0, 0.1) is 11.6 Å². The van der Waals surface area contributed by atoms with Crippen molar-refractivity contribution in [2.24, 2.45) is 0 Å². The number of anilines is 3. The Labute approximate surface area is 200 Å². The summed E-state index contributed by atoms with van der Waals surface area (Å²) < 4.78 is 46.2. The molecule has 10 nitrogen and oxygen atoms in total. The van der Waals surface area contributed by atoms with Crippen molar-refractivity contribution in [1.82, 2.24) is 9.88 Å². The van der Waals surface area contributed by atoms with Gasteiger partial charge in [0.25, 0.3) is 0 Å². The molecule has 0 atom stereocenters. The number of rotatable bonds is 6. The fourth-order valence-electron chi connectivity index (χ4n) is 4.69. The highest BCUT2D eigenvalue weighted by Crippen LogP contribution is 2.43. The molecule has 0 spiro atoms. The molecule has 3 aliphatic heterocycles. The summed E-state index contributed by atoms with van der Waals surface area (Å²) in [6.45, 7) is 3.24. The van der Waals surface area contributed by atoms with Crippen LogP contribution in [0.1, 0.15) is 11.1 Å². The van der Waals surface area contributed by atoms with Crippen LogP contribution in [0.25, 0.3) is 0 Å². The van der Waals surface area contributed by atoms with Gasteiger partial charge in [0.05, 0.1) is 46.1 Å². The number of hydrogen-bond donors (Lipinski definition) is 1. The molecule has 1 N–H and O–H groups in total. The van der Waals surface area contributed by atoms with Crippen LogP contribution in [0.3, 0.4) is 0 Å². The van der Waals surface area contributed by atoms with Crippen molar-refractivity contribution in [2.75, 3.05) is 68.7 Å². The third-order valence-electron chi connectivity index (χ3n) is 6.44. The van der Waals surface area contributed by atoms with E-state index in [4.69, 9.17) is 14.2 Å². The monoisotopic (exact) mass is 489 g/mol. The van der Waals surface area contributed by atoms with E-state index in [1.165, 1.54) is 25.3 Å². The number of carbonyl (C=O) groups excluding carboxylic acids is 2. The molecule has 1 fully saturated rings. The number of fused-ring (bicyclic) bond motifs is 3. The van der Waals surface area contributed by atoms with Crippen LogP contribution < -0.4 is 24.6 Å². The summed E-state index contributed by atoms with van der Waals surface area (Å²) in [4.78, 5) is 34.9. The standard InChI is InChI=1S/C23H25F2N5O5/c1-33-15-10-16(34-2)19(25)21(18(15)24)30-12-13-11-26-22-14(9-17(31)27-22)20(13)29(23(30)32)4-3-28-5-7-35-8-6-28/h10-11H,3-9,12H2,1-2H3,(H,26,27,31). The number of halogens is 2. The number of carbonyl (C=O) groups is 2. The number of pyridine rings is 1. The number of nitrogens with zero attached hydrogens (tertiary/aromatic N) is 4. The van der Waals surface area contributed by atoms with Crippen LogP contribution >= 0.6 is 0 Å². The molecule has 2 aromatic rings. The summed E-state index contributed by atoms with van der Waals surface area (Å²) in [6, 6.07) is 0.477. The van der Waals surface area contributed by atoms with Gasteiger partial charge in [-0.2, -0.15) is 0 Å². The van der Waals surface area contributed by atoms with Gasteiger partial charge >= 0.3 is 6.03 Å². The van der Waals surface area contributed by atoms with Crippen LogP contribution in [0.5, 0.6) is 11.5 Å². The molecular formula is C23H25F2N5O5. The van der Waals surface area contributed by atoms with E-state index in [1.807, 2.05) is 0 Å². The van der Waals surface area contributed by atoms with E-state index in [0.717, 1.165) is 11.0 Å². The number of ether oxygens (including phenoxy) is 3. The van der Waals surface area contributed by atoms with Crippen molar-refractivity contribution in [1.29, 1.82) is 0 Å². The van der Waals surface area contributed by atoms with Gasteiger partial charge in [-0.25, -0.2) is 18.6 Å². The van der Waals surface area contributed by atoms with E-state index in [9.17, 15) is 9.59 Å². The molecule has 0 unspecified atom stereocenters. The summed E-state index contributed by atoms with van der Waals surface area (Å²) in [5, 5.41) is 2.70. The van der Waals surface area contributed by atoms with Gasteiger partial charge in [0, 0.05) is 49.6 Å². The quantitative estimate of drug-likeness (QED) is 0.664. The van der Waals surface area contributed by atoms with Gasteiger partial charge in [-0.3, -0.25) is 19.5 Å². The van der Waals surface area contributed by atoms with Crippen molar-refractivity contribution in [3.8, 4) is 11.5 Å². The summed E-state index contributed by atoms with van der Waals surface area (Å²) in [5.74, 6) is -2.36. The molecule has 3 amide bonds. The minimum Gasteiger partial charge on any atom is -0.493 e. The average Bonchev–Trinajstić information content (AvgIpc) is 3.25. The van der Waals surface area contributed by atoms with Crippen molar-refractivity contribution in [3.05, 3.63) is 35.0 Å². The maximum Gasteiger partial charge on any atom is 0.329 e. The smallest absolute Gasteiger partial charge is 0.329 e. The van der Waals surface area contributed by atoms with Gasteiger partial charge in [-0.1, -0.05) is 0 Å². The molecule has 0 bridgehead atoms. The number of methoxy groups -OCH3 is 2. The van der Waals surface area contributed by atoms with Gasteiger partial charge in [0.2, 0.25) is 5.91 Å². The number of urea groups is 1. The first-order valence-corrected chi connectivity index (χ1v) is 11.2. The molecule has 3 aliphatic rings. The number of amides is 3. The Kier molecular flexibility index (Phi) is 6.15. The summed E-state index contributed by atoms with van der Waals surface area (Å²) in [7, 11) is 2.50. The molecule has 1 saturated heterocycles. The Morgan fingerprint density at radius 1 is 1.06 bits per heavy atom. The second-order valence-electron chi connectivity index (χ2n) is 8.42. The number of morpholine rings is 1. The van der Waals surface area contributed by atoms with E-state index >= 15 is 8.78 Å². The summed E-state index contributed by atoms with van der Waals surface area (Å²) in [6.07, 6.45) is 1.59. The lowest BCUT2D eigenvalue weighted by Gasteiger charge is -2.39. The minimum absolute atomic E-state index is 0.0720. The maximum absolute atomic E-state index is 15.3. The molecule has 1 aromatic heterocycles. The fourth-order valence-corrected chi connectivity index (χ4v) is 4.69. The lowest BCUT2D eigenvalue weighted by atomic mass is 10.0. The zero-order valence-electron chi connectivity index (χ0n) is 19.4. The number of aromatic nitrogens is 1. The zero-order valence-corrected chi connectivity index (χ0v) is 19.4. The topological polar surface area (TPSA) is 96.5 Å². The SMILES string of the molecule is COc1cc(OC)c(F)c(N2Cc3cnc4c(c3N(CCN3CCOCC3)C2=O)CC(=O)N4)c1F. The lowest BCUT2D eigenvalue weighted by Crippen LogP contribution is -2.51. The Hall–Kier alpha value is -3.51. The van der Waals surface area contributed by atoms with Gasteiger partial charge in [-0.15, -0.1) is 0 Å². The zero-order chi connectivity index (χ0) is 24.7. The molecular weight excluding hydrogens is 464 g/mol. The van der Waals surface area contributed by atoms with Gasteiger partial charge in [0.15, 0.2) is 23.1 Å². The fraction of sp³-hybridized carbons (Fsp3) is 0.435. The first-order valence-electron chi connectivity index (χ1n) is 11.2. The predicted molar refractivity (Wildman–Crippen MR) is 122 cm³/mol. The number of hydrogen-bond acceptors (Lipinski definition) is 7. The predicted octanol–water partition coefficient (Wildman–Crippen LogP) is 2.15. The highest BCUT2D eigenvalue weighted by molar-refractivity contribution is 6.09. The molecule has 186 valence electrons. The summed E-state index contributed by atoms with van der Waals surface area (Å²) >= 11 is 0. The van der Waals surface area contributed by atoms with E-state index in [1.54, 1.807) is 0 Å². The highest BCUT2D eigenvalue weighted by Gasteiger charge is 2.40. The highest BCUT2D eigenvalue weighted by atomic mass is 19.1. The van der Waals surface area contributed by atoms with E-state index in [2.05, 4.69) is 15.2 Å². The maximum atomic E-state index is 15.3. The van der Waals surface area contributed by atoms with E-state index < -0.39 is 23.4 Å². The van der Waals surface area contributed by atoms with Gasteiger partial charge in [-0.05, 0) is 0 Å². The molecule has 5 rings (SSSR count). The lowest BCUT2D eigenvalue weighted by molar-refractivity contribution is -0.115. The molecule has 35 heavy (non-hydrogen) atoms. The molecule has 4 heterocycles. The molecule has 1 aromatic carbocycles. The van der Waals surface area contributed by atoms with Crippen LogP contribution in [0.15, 0.2) is 12.3 Å². The Morgan fingerprint density at radius 2 is 1.74 bits per heavy atom. The second kappa shape index (κ2) is 9.27. The van der Waals surface area contributed by atoms with E-state index in [-0.39, 0.29) is 36.9 Å². The van der Waals surface area contributed by atoms with Gasteiger partial charge < -0.3 is 19.5 Å². The largest absolute Gasteiger partial charge is 0.493 e. The Bertz CT molecular complexity index is 1160. The molecule has 0 radical (unpaired) electrons. The molecule has 12 heteroatoms. The third kappa shape index (κ3) is 4.02. The number of nitrogens with one attached hydrogen (secondary N) is 1. The second-order valence-corrected chi connectivity index (χ2v) is 8.42. The summed E-state index contributed by atoms with van der Waals surface area (Å²) in [5.41, 5.74) is 1.16. The molecule has 0 aliphatic carbocycles. The van der Waals surface area contributed by atoms with Crippen molar-refractivity contribution >= 4 is 29.1 Å². The van der Waals surface area contributed by atoms with Crippen molar-refractivity contribution in [2.45, 2.75) is 13.0 Å². The number of benzene rings is 1. The van der Waals surface area contributed by atoms with Gasteiger partial charge in [0.1, 0.15) is 11.5 Å². The van der Waals surface area contributed by atoms with Crippen LogP contribution in [-0.2, 0) is 22.5 Å². The minimum atomic E-state index is -1.01. The first kappa shape index (κ1) is 23.2. The van der Waals surface area contributed by atoms with Crippen LogP contribution in [-0.4, -0.2) is 75.4 Å². The molecule has 0 saturated carbocycles. The third-order valence-corrected chi connectivity index (χ3v) is 6.44. The van der Waals surface area contributed by atoms with Crippen molar-refractivity contribution in [3.63, 3.8) is 0 Å². The Morgan fingerprint density at radius 3 is 2.40 bits per heavy atom.